The van der Waals surface area contributed by atoms with Gasteiger partial charge in [0.05, 0.1) is 0 Å². The second-order valence-electron chi connectivity index (χ2n) is 2.13. The summed E-state index contributed by atoms with van der Waals surface area (Å²) in [7, 11) is 1.85. The number of hydrogen-bond acceptors (Lipinski definition) is 2. The fourth-order valence-electron chi connectivity index (χ4n) is 0.756. The number of hydrogen-bond donors (Lipinski definition) is 1. The zero-order chi connectivity index (χ0) is 8.27. The highest BCUT2D eigenvalue weighted by atomic mass is 127. The first-order valence-corrected chi connectivity index (χ1v) is 4.26. The zero-order valence-corrected chi connectivity index (χ0v) is 8.22. The van der Waals surface area contributed by atoms with Gasteiger partial charge in [0.15, 0.2) is 0 Å². The van der Waals surface area contributed by atoms with Crippen LogP contribution in [0.2, 0.25) is 0 Å². The van der Waals surface area contributed by atoms with Crippen molar-refractivity contribution in [2.24, 2.45) is 0 Å². The summed E-state index contributed by atoms with van der Waals surface area (Å²) >= 11 is 2.09. The average Bonchev–Trinajstić information content (AvgIpc) is 1.95. The monoisotopic (exact) mass is 266 g/mol. The van der Waals surface area contributed by atoms with Gasteiger partial charge in [-0.3, -0.25) is 0 Å². The minimum atomic E-state index is -0.422. The summed E-state index contributed by atoms with van der Waals surface area (Å²) in [5.74, 6) is -0.422. The Balaban J connectivity index is 2.90. The predicted octanol–water partition coefficient (Wildman–Crippen LogP) is 1.54. The van der Waals surface area contributed by atoms with Crippen molar-refractivity contribution < 1.29 is 4.39 Å². The van der Waals surface area contributed by atoms with Crippen LogP contribution in [0.15, 0.2) is 12.3 Å². The van der Waals surface area contributed by atoms with E-state index in [1.807, 2.05) is 7.05 Å². The Bertz CT molecular complexity index is 252. The number of halogens is 2. The minimum absolute atomic E-state index is 0.422. The average molecular weight is 266 g/mol. The molecule has 0 saturated carbocycles. The summed E-state index contributed by atoms with van der Waals surface area (Å²) in [6.45, 7) is 0.728. The number of aromatic nitrogens is 1. The van der Waals surface area contributed by atoms with E-state index in [1.54, 1.807) is 6.20 Å². The van der Waals surface area contributed by atoms with Gasteiger partial charge in [0, 0.05) is 22.4 Å². The molecular weight excluding hydrogens is 258 g/mol. The van der Waals surface area contributed by atoms with Crippen LogP contribution in [-0.4, -0.2) is 12.0 Å². The Hall–Kier alpha value is -0.230. The van der Waals surface area contributed by atoms with E-state index in [4.69, 9.17) is 0 Å². The molecule has 1 heterocycles. The Morgan fingerprint density at radius 2 is 2.45 bits per heavy atom. The first-order chi connectivity index (χ1) is 5.24. The highest BCUT2D eigenvalue weighted by Gasteiger charge is 1.99. The van der Waals surface area contributed by atoms with E-state index < -0.39 is 5.95 Å². The number of pyridine rings is 1. The van der Waals surface area contributed by atoms with Crippen molar-refractivity contribution in [3.8, 4) is 0 Å². The molecule has 0 fully saturated rings. The van der Waals surface area contributed by atoms with Gasteiger partial charge in [0.25, 0.3) is 0 Å². The summed E-state index contributed by atoms with van der Waals surface area (Å²) in [4.78, 5) is 3.55. The molecule has 0 aliphatic carbocycles. The lowest BCUT2D eigenvalue weighted by Crippen LogP contribution is -2.07. The third-order valence-corrected chi connectivity index (χ3v) is 2.27. The molecule has 0 unspecified atom stereocenters. The first kappa shape index (κ1) is 8.86. The van der Waals surface area contributed by atoms with Gasteiger partial charge < -0.3 is 5.32 Å². The van der Waals surface area contributed by atoms with Crippen molar-refractivity contribution in [3.63, 3.8) is 0 Å². The maximum absolute atomic E-state index is 12.5. The fourth-order valence-corrected chi connectivity index (χ4v) is 1.34. The van der Waals surface area contributed by atoms with E-state index in [0.717, 1.165) is 15.7 Å². The van der Waals surface area contributed by atoms with Gasteiger partial charge in [-0.25, -0.2) is 4.98 Å². The van der Waals surface area contributed by atoms with E-state index in [0.29, 0.717) is 0 Å². The van der Waals surface area contributed by atoms with Gasteiger partial charge in [0.2, 0.25) is 5.95 Å². The zero-order valence-electron chi connectivity index (χ0n) is 6.06. The standard InChI is InChI=1S/C7H8FIN2/c1-10-3-5-4-11-7(8)2-6(5)9/h2,4,10H,3H2,1H3. The van der Waals surface area contributed by atoms with Gasteiger partial charge in [-0.2, -0.15) is 4.39 Å². The predicted molar refractivity (Wildman–Crippen MR) is 49.7 cm³/mol. The molecule has 1 rings (SSSR count). The van der Waals surface area contributed by atoms with Gasteiger partial charge >= 0.3 is 0 Å². The SMILES string of the molecule is CNCc1cnc(F)cc1I. The Labute approximate surface area is 78.4 Å². The lowest BCUT2D eigenvalue weighted by Gasteiger charge is -2.01. The largest absolute Gasteiger partial charge is 0.316 e. The van der Waals surface area contributed by atoms with Crippen LogP contribution in [0.4, 0.5) is 4.39 Å². The molecule has 1 N–H and O–H groups in total. The van der Waals surface area contributed by atoms with Crippen molar-refractivity contribution in [2.75, 3.05) is 7.05 Å². The molecule has 0 saturated heterocycles. The van der Waals surface area contributed by atoms with Crippen LogP contribution in [0.3, 0.4) is 0 Å². The summed E-state index contributed by atoms with van der Waals surface area (Å²) in [5.41, 5.74) is 1.02. The summed E-state index contributed by atoms with van der Waals surface area (Å²) < 4.78 is 13.4. The van der Waals surface area contributed by atoms with Crippen LogP contribution in [0.25, 0.3) is 0 Å². The van der Waals surface area contributed by atoms with E-state index in [9.17, 15) is 4.39 Å². The van der Waals surface area contributed by atoms with Crippen molar-refractivity contribution >= 4 is 22.6 Å². The maximum Gasteiger partial charge on any atom is 0.213 e. The molecule has 0 radical (unpaired) electrons. The molecule has 4 heteroatoms. The van der Waals surface area contributed by atoms with Crippen LogP contribution < -0.4 is 5.32 Å². The number of rotatable bonds is 2. The minimum Gasteiger partial charge on any atom is -0.316 e. The van der Waals surface area contributed by atoms with Crippen molar-refractivity contribution in [2.45, 2.75) is 6.54 Å². The molecule has 0 amide bonds. The molecule has 0 aromatic carbocycles. The van der Waals surface area contributed by atoms with Gasteiger partial charge in [0.1, 0.15) is 0 Å². The lowest BCUT2D eigenvalue weighted by molar-refractivity contribution is 0.580. The molecule has 0 aliphatic heterocycles. The highest BCUT2D eigenvalue weighted by molar-refractivity contribution is 14.1. The molecular formula is C7H8FIN2. The normalized spacial score (nSPS) is 10.1. The lowest BCUT2D eigenvalue weighted by atomic mass is 10.3. The molecule has 2 nitrogen and oxygen atoms in total. The molecule has 0 atom stereocenters. The number of nitrogens with zero attached hydrogens (tertiary/aromatic N) is 1. The molecule has 1 aromatic heterocycles. The summed E-state index contributed by atoms with van der Waals surface area (Å²) in [5, 5.41) is 2.98. The Morgan fingerprint density at radius 1 is 1.73 bits per heavy atom. The van der Waals surface area contributed by atoms with Crippen molar-refractivity contribution in [1.82, 2.24) is 10.3 Å². The molecule has 0 spiro atoms. The molecule has 1 aromatic rings. The second-order valence-corrected chi connectivity index (χ2v) is 3.29. The van der Waals surface area contributed by atoms with Crippen LogP contribution in [0.1, 0.15) is 5.56 Å². The van der Waals surface area contributed by atoms with Gasteiger partial charge in [-0.1, -0.05) is 0 Å². The van der Waals surface area contributed by atoms with Crippen LogP contribution >= 0.6 is 22.6 Å². The summed E-state index contributed by atoms with van der Waals surface area (Å²) in [6, 6.07) is 1.42. The second kappa shape index (κ2) is 3.96. The van der Waals surface area contributed by atoms with E-state index >= 15 is 0 Å². The molecule has 11 heavy (non-hydrogen) atoms. The summed E-state index contributed by atoms with van der Waals surface area (Å²) in [6.07, 6.45) is 1.55. The number of nitrogens with one attached hydrogen (secondary N) is 1. The van der Waals surface area contributed by atoms with Crippen LogP contribution in [0.5, 0.6) is 0 Å². The first-order valence-electron chi connectivity index (χ1n) is 3.18. The van der Waals surface area contributed by atoms with Crippen LogP contribution in [-0.2, 0) is 6.54 Å². The van der Waals surface area contributed by atoms with Crippen molar-refractivity contribution in [3.05, 3.63) is 27.3 Å². The van der Waals surface area contributed by atoms with Crippen LogP contribution in [0, 0.1) is 9.52 Å². The van der Waals surface area contributed by atoms with E-state index in [1.165, 1.54) is 6.07 Å². The quantitative estimate of drug-likeness (QED) is 0.648. The topological polar surface area (TPSA) is 24.9 Å². The Kier molecular flexibility index (Phi) is 3.19. The fraction of sp³-hybridized carbons (Fsp3) is 0.286. The Morgan fingerprint density at radius 3 is 3.00 bits per heavy atom. The van der Waals surface area contributed by atoms with Crippen molar-refractivity contribution in [1.29, 1.82) is 0 Å². The van der Waals surface area contributed by atoms with Gasteiger partial charge in [-0.05, 0) is 35.2 Å². The van der Waals surface area contributed by atoms with Gasteiger partial charge in [-0.15, -0.1) is 0 Å². The molecule has 0 aliphatic rings. The van der Waals surface area contributed by atoms with E-state index in [-0.39, 0.29) is 0 Å². The van der Waals surface area contributed by atoms with E-state index in [2.05, 4.69) is 32.9 Å². The molecule has 0 bridgehead atoms. The highest BCUT2D eigenvalue weighted by Crippen LogP contribution is 2.10. The molecule has 60 valence electrons. The third kappa shape index (κ3) is 2.37. The smallest absolute Gasteiger partial charge is 0.213 e. The third-order valence-electron chi connectivity index (χ3n) is 1.26. The maximum atomic E-state index is 12.5.